The second-order valence-electron chi connectivity index (χ2n) is 4.66. The van der Waals surface area contributed by atoms with Crippen molar-refractivity contribution < 1.29 is 4.39 Å². The molecule has 0 saturated heterocycles. The summed E-state index contributed by atoms with van der Waals surface area (Å²) in [5.41, 5.74) is 7.20. The number of nitrogens with two attached hydrogens (primary N) is 1. The standard InChI is InChI=1S/C12H17FN2/c1-15(9-12(14)6-7-12)8-10-2-4-11(13)5-3-10/h2-5H,6-9,14H2,1H3. The molecule has 15 heavy (non-hydrogen) atoms. The van der Waals surface area contributed by atoms with Gasteiger partial charge in [-0.2, -0.15) is 0 Å². The van der Waals surface area contributed by atoms with Gasteiger partial charge in [-0.3, -0.25) is 0 Å². The maximum absolute atomic E-state index is 12.7. The van der Waals surface area contributed by atoms with Crippen LogP contribution in [0, 0.1) is 5.82 Å². The first-order valence-electron chi connectivity index (χ1n) is 5.29. The highest BCUT2D eigenvalue weighted by atomic mass is 19.1. The quantitative estimate of drug-likeness (QED) is 0.816. The smallest absolute Gasteiger partial charge is 0.123 e. The van der Waals surface area contributed by atoms with E-state index in [2.05, 4.69) is 11.9 Å². The van der Waals surface area contributed by atoms with Crippen LogP contribution in [-0.2, 0) is 6.54 Å². The topological polar surface area (TPSA) is 29.3 Å². The van der Waals surface area contributed by atoms with Crippen molar-refractivity contribution in [2.75, 3.05) is 13.6 Å². The van der Waals surface area contributed by atoms with Crippen molar-refractivity contribution in [1.82, 2.24) is 4.90 Å². The second-order valence-corrected chi connectivity index (χ2v) is 4.66. The third kappa shape index (κ3) is 3.01. The van der Waals surface area contributed by atoms with Gasteiger partial charge in [0.05, 0.1) is 0 Å². The number of likely N-dealkylation sites (N-methyl/N-ethyl adjacent to an activating group) is 1. The number of benzene rings is 1. The lowest BCUT2D eigenvalue weighted by molar-refractivity contribution is 0.295. The third-order valence-corrected chi connectivity index (χ3v) is 2.84. The van der Waals surface area contributed by atoms with Crippen LogP contribution in [0.15, 0.2) is 24.3 Å². The Morgan fingerprint density at radius 3 is 2.47 bits per heavy atom. The molecule has 0 radical (unpaired) electrons. The van der Waals surface area contributed by atoms with E-state index >= 15 is 0 Å². The highest BCUT2D eigenvalue weighted by Gasteiger charge is 2.38. The van der Waals surface area contributed by atoms with E-state index in [-0.39, 0.29) is 11.4 Å². The molecule has 0 heterocycles. The molecule has 82 valence electrons. The molecule has 1 aromatic rings. The average Bonchev–Trinajstić information content (AvgIpc) is 2.87. The van der Waals surface area contributed by atoms with Gasteiger partial charge in [0, 0.05) is 18.6 Å². The zero-order valence-corrected chi connectivity index (χ0v) is 9.04. The van der Waals surface area contributed by atoms with Crippen LogP contribution in [0.25, 0.3) is 0 Å². The lowest BCUT2D eigenvalue weighted by Crippen LogP contribution is -2.36. The molecule has 1 fully saturated rings. The summed E-state index contributed by atoms with van der Waals surface area (Å²) in [6.45, 7) is 1.75. The molecule has 2 N–H and O–H groups in total. The summed E-state index contributed by atoms with van der Waals surface area (Å²) in [5.74, 6) is -0.182. The predicted molar refractivity (Wildman–Crippen MR) is 58.9 cm³/mol. The van der Waals surface area contributed by atoms with Crippen molar-refractivity contribution in [3.8, 4) is 0 Å². The molecular formula is C12H17FN2. The summed E-state index contributed by atoms with van der Waals surface area (Å²) in [6, 6.07) is 6.64. The Hall–Kier alpha value is -0.930. The second kappa shape index (κ2) is 3.91. The molecule has 0 bridgehead atoms. The van der Waals surface area contributed by atoms with E-state index in [0.29, 0.717) is 0 Å². The Morgan fingerprint density at radius 1 is 1.33 bits per heavy atom. The molecule has 2 rings (SSSR count). The summed E-state index contributed by atoms with van der Waals surface area (Å²) >= 11 is 0. The van der Waals surface area contributed by atoms with Crippen LogP contribution in [-0.4, -0.2) is 24.0 Å². The van der Waals surface area contributed by atoms with Crippen LogP contribution < -0.4 is 5.73 Å². The lowest BCUT2D eigenvalue weighted by atomic mass is 10.2. The number of nitrogens with zero attached hydrogens (tertiary/aromatic N) is 1. The molecule has 2 nitrogen and oxygen atoms in total. The van der Waals surface area contributed by atoms with Crippen LogP contribution >= 0.6 is 0 Å². The lowest BCUT2D eigenvalue weighted by Gasteiger charge is -2.20. The van der Waals surface area contributed by atoms with Crippen molar-refractivity contribution >= 4 is 0 Å². The van der Waals surface area contributed by atoms with Crippen molar-refractivity contribution in [3.05, 3.63) is 35.6 Å². The Kier molecular flexibility index (Phi) is 2.76. The molecule has 0 aliphatic heterocycles. The van der Waals surface area contributed by atoms with E-state index in [4.69, 9.17) is 5.73 Å². The average molecular weight is 208 g/mol. The largest absolute Gasteiger partial charge is 0.324 e. The van der Waals surface area contributed by atoms with Crippen LogP contribution in [0.4, 0.5) is 4.39 Å². The highest BCUT2D eigenvalue weighted by Crippen LogP contribution is 2.32. The van der Waals surface area contributed by atoms with E-state index in [0.717, 1.165) is 31.5 Å². The van der Waals surface area contributed by atoms with E-state index in [1.165, 1.54) is 12.1 Å². The van der Waals surface area contributed by atoms with Crippen molar-refractivity contribution in [2.45, 2.75) is 24.9 Å². The molecule has 0 spiro atoms. The van der Waals surface area contributed by atoms with Crippen LogP contribution in [0.5, 0.6) is 0 Å². The highest BCUT2D eigenvalue weighted by molar-refractivity contribution is 5.16. The summed E-state index contributed by atoms with van der Waals surface area (Å²) in [7, 11) is 2.05. The molecule has 0 aromatic heterocycles. The van der Waals surface area contributed by atoms with E-state index in [1.807, 2.05) is 12.1 Å². The van der Waals surface area contributed by atoms with Gasteiger partial charge in [-0.15, -0.1) is 0 Å². The van der Waals surface area contributed by atoms with Gasteiger partial charge in [0.1, 0.15) is 5.82 Å². The summed E-state index contributed by atoms with van der Waals surface area (Å²) in [5, 5.41) is 0. The van der Waals surface area contributed by atoms with Gasteiger partial charge in [0.2, 0.25) is 0 Å². The zero-order valence-electron chi connectivity index (χ0n) is 9.04. The maximum Gasteiger partial charge on any atom is 0.123 e. The van der Waals surface area contributed by atoms with Crippen molar-refractivity contribution in [1.29, 1.82) is 0 Å². The summed E-state index contributed by atoms with van der Waals surface area (Å²) in [4.78, 5) is 2.19. The van der Waals surface area contributed by atoms with Crippen LogP contribution in [0.1, 0.15) is 18.4 Å². The minimum atomic E-state index is -0.182. The first kappa shape index (κ1) is 10.6. The number of hydrogen-bond donors (Lipinski definition) is 1. The van der Waals surface area contributed by atoms with E-state index in [1.54, 1.807) is 0 Å². The SMILES string of the molecule is CN(Cc1ccc(F)cc1)CC1(N)CC1. The van der Waals surface area contributed by atoms with Gasteiger partial charge < -0.3 is 10.6 Å². The van der Waals surface area contributed by atoms with E-state index in [9.17, 15) is 4.39 Å². The van der Waals surface area contributed by atoms with Gasteiger partial charge >= 0.3 is 0 Å². The molecule has 1 aliphatic carbocycles. The molecule has 1 saturated carbocycles. The van der Waals surface area contributed by atoms with Gasteiger partial charge in [0.15, 0.2) is 0 Å². The molecule has 1 aliphatic rings. The van der Waals surface area contributed by atoms with Crippen LogP contribution in [0.2, 0.25) is 0 Å². The van der Waals surface area contributed by atoms with Crippen LogP contribution in [0.3, 0.4) is 0 Å². The first-order valence-corrected chi connectivity index (χ1v) is 5.29. The molecule has 0 unspecified atom stereocenters. The third-order valence-electron chi connectivity index (χ3n) is 2.84. The molecular weight excluding hydrogens is 191 g/mol. The summed E-state index contributed by atoms with van der Waals surface area (Å²) < 4.78 is 12.7. The normalized spacial score (nSPS) is 18.1. The van der Waals surface area contributed by atoms with E-state index < -0.39 is 0 Å². The minimum Gasteiger partial charge on any atom is -0.324 e. The fraction of sp³-hybridized carbons (Fsp3) is 0.500. The van der Waals surface area contributed by atoms with Gasteiger partial charge in [0.25, 0.3) is 0 Å². The fourth-order valence-electron chi connectivity index (χ4n) is 1.81. The molecule has 3 heteroatoms. The van der Waals surface area contributed by atoms with Gasteiger partial charge in [-0.05, 0) is 37.6 Å². The maximum atomic E-state index is 12.7. The Balaban J connectivity index is 1.88. The first-order chi connectivity index (χ1) is 7.07. The fourth-order valence-corrected chi connectivity index (χ4v) is 1.81. The van der Waals surface area contributed by atoms with Crippen molar-refractivity contribution in [2.24, 2.45) is 5.73 Å². The Morgan fingerprint density at radius 2 is 1.93 bits per heavy atom. The number of hydrogen-bond acceptors (Lipinski definition) is 2. The monoisotopic (exact) mass is 208 g/mol. The molecule has 1 aromatic carbocycles. The predicted octanol–water partition coefficient (Wildman–Crippen LogP) is 1.75. The Labute approximate surface area is 89.9 Å². The number of rotatable bonds is 4. The van der Waals surface area contributed by atoms with Gasteiger partial charge in [-0.1, -0.05) is 12.1 Å². The minimum absolute atomic E-state index is 0.0504. The number of halogens is 1. The zero-order chi connectivity index (χ0) is 10.9. The van der Waals surface area contributed by atoms with Crippen molar-refractivity contribution in [3.63, 3.8) is 0 Å². The summed E-state index contributed by atoms with van der Waals surface area (Å²) in [6.07, 6.45) is 2.25. The van der Waals surface area contributed by atoms with Gasteiger partial charge in [-0.25, -0.2) is 4.39 Å². The molecule has 0 atom stereocenters. The Bertz CT molecular complexity index is 330. The molecule has 0 amide bonds.